The van der Waals surface area contributed by atoms with Crippen molar-refractivity contribution >= 4 is 27.9 Å². The lowest BCUT2D eigenvalue weighted by atomic mass is 10.2. The van der Waals surface area contributed by atoms with Gasteiger partial charge in [0.25, 0.3) is 0 Å². The molecular weight excluding hydrogens is 324 g/mol. The first-order valence-corrected chi connectivity index (χ1v) is 6.56. The van der Waals surface area contributed by atoms with Crippen LogP contribution in [0.15, 0.2) is 53.0 Å². The summed E-state index contributed by atoms with van der Waals surface area (Å²) < 4.78 is 10.4. The van der Waals surface area contributed by atoms with Crippen LogP contribution >= 0.6 is 15.9 Å². The van der Waals surface area contributed by atoms with E-state index in [1.807, 2.05) is 6.07 Å². The number of esters is 2. The molecule has 0 radical (unpaired) electrons. The molecule has 2 aromatic rings. The van der Waals surface area contributed by atoms with Gasteiger partial charge in [0.15, 0.2) is 0 Å². The molecule has 0 aliphatic heterocycles. The molecule has 20 heavy (non-hydrogen) atoms. The molecule has 102 valence electrons. The predicted octanol–water partition coefficient (Wildman–Crippen LogP) is 3.45. The van der Waals surface area contributed by atoms with Crippen molar-refractivity contribution in [2.24, 2.45) is 0 Å². The lowest BCUT2D eigenvalue weighted by Gasteiger charge is -2.07. The molecule has 5 heteroatoms. The van der Waals surface area contributed by atoms with Crippen molar-refractivity contribution in [3.05, 3.63) is 64.1 Å². The SMILES string of the molecule is COC(=O)c1ccc(OC(=O)c2ccccc2)c(Br)c1. The third-order valence-corrected chi connectivity index (χ3v) is 3.18. The topological polar surface area (TPSA) is 52.6 Å². The predicted molar refractivity (Wildman–Crippen MR) is 76.9 cm³/mol. The van der Waals surface area contributed by atoms with Crippen molar-refractivity contribution in [2.45, 2.75) is 0 Å². The van der Waals surface area contributed by atoms with Gasteiger partial charge in [-0.1, -0.05) is 18.2 Å². The van der Waals surface area contributed by atoms with E-state index in [0.717, 1.165) is 0 Å². The quantitative estimate of drug-likeness (QED) is 0.637. The Morgan fingerprint density at radius 3 is 2.25 bits per heavy atom. The molecule has 0 aromatic heterocycles. The molecule has 2 aromatic carbocycles. The van der Waals surface area contributed by atoms with Gasteiger partial charge in [-0.2, -0.15) is 0 Å². The molecule has 0 spiro atoms. The second-order valence-electron chi connectivity index (χ2n) is 3.89. The summed E-state index contributed by atoms with van der Waals surface area (Å²) in [6, 6.07) is 13.3. The number of carbonyl (C=O) groups is 2. The highest BCUT2D eigenvalue weighted by Crippen LogP contribution is 2.27. The van der Waals surface area contributed by atoms with Crippen LogP contribution in [-0.2, 0) is 4.74 Å². The van der Waals surface area contributed by atoms with E-state index in [1.165, 1.54) is 19.2 Å². The number of carbonyl (C=O) groups excluding carboxylic acids is 2. The zero-order chi connectivity index (χ0) is 14.5. The minimum absolute atomic E-state index is 0.339. The number of hydrogen-bond acceptors (Lipinski definition) is 4. The van der Waals surface area contributed by atoms with Crippen LogP contribution in [0.4, 0.5) is 0 Å². The number of benzene rings is 2. The fraction of sp³-hybridized carbons (Fsp3) is 0.0667. The number of ether oxygens (including phenoxy) is 2. The lowest BCUT2D eigenvalue weighted by molar-refractivity contribution is 0.0600. The Hall–Kier alpha value is -2.14. The van der Waals surface area contributed by atoms with Gasteiger partial charge >= 0.3 is 11.9 Å². The summed E-state index contributed by atoms with van der Waals surface area (Å²) in [5.74, 6) is -0.574. The zero-order valence-electron chi connectivity index (χ0n) is 10.6. The first-order valence-electron chi connectivity index (χ1n) is 5.77. The highest BCUT2D eigenvalue weighted by atomic mass is 79.9. The van der Waals surface area contributed by atoms with E-state index in [4.69, 9.17) is 4.74 Å². The molecule has 0 aliphatic carbocycles. The molecule has 0 saturated carbocycles. The number of hydrogen-bond donors (Lipinski definition) is 0. The summed E-state index contributed by atoms with van der Waals surface area (Å²) >= 11 is 3.26. The van der Waals surface area contributed by atoms with Crippen molar-refractivity contribution in [1.82, 2.24) is 0 Å². The van der Waals surface area contributed by atoms with Gasteiger partial charge in [-0.25, -0.2) is 9.59 Å². The summed E-state index contributed by atoms with van der Waals surface area (Å²) in [7, 11) is 1.31. The van der Waals surface area contributed by atoms with Crippen molar-refractivity contribution in [2.75, 3.05) is 7.11 Å². The van der Waals surface area contributed by atoms with Gasteiger partial charge in [0, 0.05) is 0 Å². The highest BCUT2D eigenvalue weighted by molar-refractivity contribution is 9.10. The Morgan fingerprint density at radius 2 is 1.65 bits per heavy atom. The minimum atomic E-state index is -0.461. The van der Waals surface area contributed by atoms with Gasteiger partial charge in [0.1, 0.15) is 5.75 Å². The van der Waals surface area contributed by atoms with Crippen LogP contribution in [0.5, 0.6) is 5.75 Å². The molecular formula is C15H11BrO4. The Labute approximate surface area is 124 Å². The largest absolute Gasteiger partial charge is 0.465 e. The summed E-state index contributed by atoms with van der Waals surface area (Å²) in [5, 5.41) is 0. The summed E-state index contributed by atoms with van der Waals surface area (Å²) in [6.07, 6.45) is 0. The van der Waals surface area contributed by atoms with Crippen LogP contribution < -0.4 is 4.74 Å². The Morgan fingerprint density at radius 1 is 0.950 bits per heavy atom. The van der Waals surface area contributed by atoms with Gasteiger partial charge in [-0.15, -0.1) is 0 Å². The maximum Gasteiger partial charge on any atom is 0.343 e. The summed E-state index contributed by atoms with van der Waals surface area (Å²) in [6.45, 7) is 0. The van der Waals surface area contributed by atoms with Crippen molar-refractivity contribution in [1.29, 1.82) is 0 Å². The van der Waals surface area contributed by atoms with Crippen LogP contribution in [0.3, 0.4) is 0 Å². The third kappa shape index (κ3) is 3.24. The van der Waals surface area contributed by atoms with Gasteiger partial charge in [0.2, 0.25) is 0 Å². The lowest BCUT2D eigenvalue weighted by Crippen LogP contribution is -2.09. The van der Waals surface area contributed by atoms with E-state index in [2.05, 4.69) is 20.7 Å². The number of rotatable bonds is 3. The van der Waals surface area contributed by atoms with Gasteiger partial charge in [0.05, 0.1) is 22.7 Å². The van der Waals surface area contributed by atoms with Crippen molar-refractivity contribution in [3.63, 3.8) is 0 Å². The molecule has 0 bridgehead atoms. The average molecular weight is 335 g/mol. The smallest absolute Gasteiger partial charge is 0.343 e. The molecule has 2 rings (SSSR count). The second-order valence-corrected chi connectivity index (χ2v) is 4.75. The van der Waals surface area contributed by atoms with Gasteiger partial charge < -0.3 is 9.47 Å². The molecule has 0 amide bonds. The van der Waals surface area contributed by atoms with Crippen molar-refractivity contribution < 1.29 is 19.1 Å². The molecule has 0 atom stereocenters. The van der Waals surface area contributed by atoms with E-state index >= 15 is 0 Å². The molecule has 0 N–H and O–H groups in total. The minimum Gasteiger partial charge on any atom is -0.465 e. The molecule has 0 unspecified atom stereocenters. The van der Waals surface area contributed by atoms with E-state index in [-0.39, 0.29) is 0 Å². The second kappa shape index (κ2) is 6.34. The van der Waals surface area contributed by atoms with E-state index in [1.54, 1.807) is 30.3 Å². The monoisotopic (exact) mass is 334 g/mol. The van der Waals surface area contributed by atoms with E-state index < -0.39 is 11.9 Å². The standard InChI is InChI=1S/C15H11BrO4/c1-19-14(17)11-7-8-13(12(16)9-11)20-15(18)10-5-3-2-4-6-10/h2-9H,1H3. The Kier molecular flexibility index (Phi) is 4.53. The van der Waals surface area contributed by atoms with Crippen LogP contribution in [0, 0.1) is 0 Å². The maximum absolute atomic E-state index is 11.9. The van der Waals surface area contributed by atoms with Gasteiger partial charge in [-0.05, 0) is 46.3 Å². The Bertz CT molecular complexity index is 638. The fourth-order valence-electron chi connectivity index (χ4n) is 1.56. The molecule has 0 heterocycles. The molecule has 0 fully saturated rings. The van der Waals surface area contributed by atoms with Crippen LogP contribution in [-0.4, -0.2) is 19.0 Å². The van der Waals surface area contributed by atoms with E-state index in [9.17, 15) is 9.59 Å². The highest BCUT2D eigenvalue weighted by Gasteiger charge is 2.13. The van der Waals surface area contributed by atoms with Crippen molar-refractivity contribution in [3.8, 4) is 5.75 Å². The summed E-state index contributed by atoms with van der Waals surface area (Å²) in [4.78, 5) is 23.3. The first-order chi connectivity index (χ1) is 9.61. The number of methoxy groups -OCH3 is 1. The van der Waals surface area contributed by atoms with Crippen LogP contribution in [0.2, 0.25) is 0 Å². The zero-order valence-corrected chi connectivity index (χ0v) is 12.2. The fourth-order valence-corrected chi connectivity index (χ4v) is 2.02. The van der Waals surface area contributed by atoms with Crippen LogP contribution in [0.25, 0.3) is 0 Å². The van der Waals surface area contributed by atoms with Crippen LogP contribution in [0.1, 0.15) is 20.7 Å². The average Bonchev–Trinajstić information content (AvgIpc) is 2.49. The number of halogens is 1. The third-order valence-electron chi connectivity index (χ3n) is 2.57. The molecule has 0 saturated heterocycles. The van der Waals surface area contributed by atoms with Gasteiger partial charge in [-0.3, -0.25) is 0 Å². The normalized spacial score (nSPS) is 9.90. The molecule has 4 nitrogen and oxygen atoms in total. The Balaban J connectivity index is 2.18. The first kappa shape index (κ1) is 14.3. The maximum atomic E-state index is 11.9. The van der Waals surface area contributed by atoms with E-state index in [0.29, 0.717) is 21.3 Å². The summed E-state index contributed by atoms with van der Waals surface area (Å²) in [5.41, 5.74) is 0.829. The molecule has 0 aliphatic rings.